The highest BCUT2D eigenvalue weighted by molar-refractivity contribution is 9.10. The highest BCUT2D eigenvalue weighted by atomic mass is 79.9. The Balaban J connectivity index is 2.11. The minimum atomic E-state index is -0.592. The van der Waals surface area contributed by atoms with Crippen molar-refractivity contribution in [2.75, 3.05) is 6.54 Å². The van der Waals surface area contributed by atoms with Gasteiger partial charge in [0.1, 0.15) is 5.60 Å². The zero-order chi connectivity index (χ0) is 19.1. The number of rotatable bonds is 2. The molecule has 1 unspecified atom stereocenters. The summed E-state index contributed by atoms with van der Waals surface area (Å²) in [6.07, 6.45) is 1.13. The second-order valence-corrected chi connectivity index (χ2v) is 9.77. The molecule has 1 atom stereocenters. The average molecular weight is 457 g/mol. The Labute approximate surface area is 170 Å². The first-order valence-electron chi connectivity index (χ1n) is 8.22. The molecule has 1 aliphatic heterocycles. The number of aldehydes is 1. The standard InChI is InChI=1S/C19H19BrClNO3S/c1-19(2,3)25-18(24)22-7-6-11-4-5-12(20)8-14(11)16(22)15-9-13(10-23)26-17(15)21/h4-5,8-10,16H,6-7H2,1-3H3. The third-order valence-electron chi connectivity index (χ3n) is 4.11. The van der Waals surface area contributed by atoms with Gasteiger partial charge in [-0.15, -0.1) is 11.3 Å². The van der Waals surface area contributed by atoms with Gasteiger partial charge in [0, 0.05) is 16.6 Å². The molecular formula is C19H19BrClNO3S. The summed E-state index contributed by atoms with van der Waals surface area (Å²) in [4.78, 5) is 26.3. The maximum absolute atomic E-state index is 12.9. The summed E-state index contributed by atoms with van der Waals surface area (Å²) in [6, 6.07) is 7.43. The number of carbonyl (C=O) groups is 2. The molecule has 0 saturated carbocycles. The van der Waals surface area contributed by atoms with Gasteiger partial charge in [0.25, 0.3) is 0 Å². The minimum absolute atomic E-state index is 0.386. The predicted octanol–water partition coefficient (Wildman–Crippen LogP) is 5.86. The summed E-state index contributed by atoms with van der Waals surface area (Å²) < 4.78 is 7.05. The van der Waals surface area contributed by atoms with Crippen LogP contribution in [-0.4, -0.2) is 29.4 Å². The maximum atomic E-state index is 12.9. The van der Waals surface area contributed by atoms with Gasteiger partial charge in [-0.2, -0.15) is 0 Å². The van der Waals surface area contributed by atoms with Crippen LogP contribution in [0.15, 0.2) is 28.7 Å². The van der Waals surface area contributed by atoms with Crippen LogP contribution >= 0.6 is 38.9 Å². The van der Waals surface area contributed by atoms with Crippen molar-refractivity contribution in [3.05, 3.63) is 54.6 Å². The number of thiophene rings is 1. The van der Waals surface area contributed by atoms with Crippen LogP contribution in [0, 0.1) is 0 Å². The molecule has 0 N–H and O–H groups in total. The Morgan fingerprint density at radius 3 is 2.69 bits per heavy atom. The quantitative estimate of drug-likeness (QED) is 0.532. The smallest absolute Gasteiger partial charge is 0.411 e. The summed E-state index contributed by atoms with van der Waals surface area (Å²) >= 11 is 11.2. The normalized spacial score (nSPS) is 17.0. The van der Waals surface area contributed by atoms with Gasteiger partial charge in [-0.05, 0) is 56.5 Å². The van der Waals surface area contributed by atoms with Crippen LogP contribution in [0.3, 0.4) is 0 Å². The Bertz CT molecular complexity index is 859. The highest BCUT2D eigenvalue weighted by Crippen LogP contribution is 2.42. The lowest BCUT2D eigenvalue weighted by Gasteiger charge is -2.38. The molecule has 2 aromatic rings. The van der Waals surface area contributed by atoms with Crippen LogP contribution in [0.5, 0.6) is 0 Å². The molecule has 138 valence electrons. The van der Waals surface area contributed by atoms with Crippen LogP contribution in [-0.2, 0) is 11.2 Å². The molecule has 1 aliphatic rings. The van der Waals surface area contributed by atoms with Gasteiger partial charge in [0.2, 0.25) is 0 Å². The molecule has 1 aromatic carbocycles. The maximum Gasteiger partial charge on any atom is 0.411 e. The number of amides is 1. The fourth-order valence-corrected chi connectivity index (χ4v) is 4.62. The van der Waals surface area contributed by atoms with Crippen molar-refractivity contribution in [2.45, 2.75) is 38.8 Å². The highest BCUT2D eigenvalue weighted by Gasteiger charge is 2.36. The van der Waals surface area contributed by atoms with Crippen molar-refractivity contribution in [1.29, 1.82) is 0 Å². The van der Waals surface area contributed by atoms with Crippen molar-refractivity contribution >= 4 is 51.2 Å². The van der Waals surface area contributed by atoms with Crippen LogP contribution in [0.2, 0.25) is 4.34 Å². The van der Waals surface area contributed by atoms with Crippen molar-refractivity contribution in [1.82, 2.24) is 4.90 Å². The fourth-order valence-electron chi connectivity index (χ4n) is 3.08. The Morgan fingerprint density at radius 1 is 1.35 bits per heavy atom. The molecule has 1 aromatic heterocycles. The molecule has 0 aliphatic carbocycles. The third-order valence-corrected chi connectivity index (χ3v) is 5.91. The van der Waals surface area contributed by atoms with Crippen LogP contribution in [0.25, 0.3) is 0 Å². The van der Waals surface area contributed by atoms with Crippen molar-refractivity contribution < 1.29 is 14.3 Å². The zero-order valence-corrected chi connectivity index (χ0v) is 17.9. The molecule has 2 heterocycles. The number of nitrogens with zero attached hydrogens (tertiary/aromatic N) is 1. The summed E-state index contributed by atoms with van der Waals surface area (Å²) in [7, 11) is 0. The minimum Gasteiger partial charge on any atom is -0.444 e. The first-order chi connectivity index (χ1) is 12.2. The number of halogens is 2. The molecular weight excluding hydrogens is 438 g/mol. The largest absolute Gasteiger partial charge is 0.444 e. The van der Waals surface area contributed by atoms with Crippen LogP contribution in [0.1, 0.15) is 53.2 Å². The zero-order valence-electron chi connectivity index (χ0n) is 14.7. The lowest BCUT2D eigenvalue weighted by molar-refractivity contribution is 0.0178. The second-order valence-electron chi connectivity index (χ2n) is 7.17. The van der Waals surface area contributed by atoms with Crippen molar-refractivity contribution in [3.8, 4) is 0 Å². The monoisotopic (exact) mass is 455 g/mol. The van der Waals surface area contributed by atoms with Gasteiger partial charge in [-0.3, -0.25) is 9.69 Å². The van der Waals surface area contributed by atoms with Gasteiger partial charge < -0.3 is 4.74 Å². The number of fused-ring (bicyclic) bond motifs is 1. The SMILES string of the molecule is CC(C)(C)OC(=O)N1CCc2ccc(Br)cc2C1c1cc(C=O)sc1Cl. The summed E-state index contributed by atoms with van der Waals surface area (Å²) in [6.45, 7) is 6.06. The van der Waals surface area contributed by atoms with E-state index >= 15 is 0 Å². The molecule has 0 radical (unpaired) electrons. The molecule has 0 fully saturated rings. The van der Waals surface area contributed by atoms with Gasteiger partial charge >= 0.3 is 6.09 Å². The van der Waals surface area contributed by atoms with E-state index in [4.69, 9.17) is 16.3 Å². The van der Waals surface area contributed by atoms with Gasteiger partial charge in [0.05, 0.1) is 15.3 Å². The van der Waals surface area contributed by atoms with Crippen molar-refractivity contribution in [3.63, 3.8) is 0 Å². The number of hydrogen-bond donors (Lipinski definition) is 0. The van der Waals surface area contributed by atoms with Crippen molar-refractivity contribution in [2.24, 2.45) is 0 Å². The average Bonchev–Trinajstić information content (AvgIpc) is 2.92. The Kier molecular flexibility index (Phi) is 5.47. The number of ether oxygens (including phenoxy) is 1. The second kappa shape index (κ2) is 7.33. The fraction of sp³-hybridized carbons (Fsp3) is 0.368. The van der Waals surface area contributed by atoms with Gasteiger partial charge in [0.15, 0.2) is 6.29 Å². The van der Waals surface area contributed by atoms with E-state index in [0.29, 0.717) is 15.8 Å². The molecule has 4 nitrogen and oxygen atoms in total. The van der Waals surface area contributed by atoms with Crippen LogP contribution < -0.4 is 0 Å². The number of hydrogen-bond acceptors (Lipinski definition) is 4. The summed E-state index contributed by atoms with van der Waals surface area (Å²) in [5, 5.41) is 0. The van der Waals surface area contributed by atoms with Crippen LogP contribution in [0.4, 0.5) is 4.79 Å². The van der Waals surface area contributed by atoms with Gasteiger partial charge in [-0.1, -0.05) is 33.6 Å². The first kappa shape index (κ1) is 19.4. The van der Waals surface area contributed by atoms with E-state index in [1.165, 1.54) is 11.3 Å². The molecule has 0 spiro atoms. The summed E-state index contributed by atoms with van der Waals surface area (Å²) in [5.74, 6) is 0. The predicted molar refractivity (Wildman–Crippen MR) is 107 cm³/mol. The van der Waals surface area contributed by atoms with E-state index in [1.54, 1.807) is 11.0 Å². The molecule has 7 heteroatoms. The van der Waals surface area contributed by atoms with E-state index in [2.05, 4.69) is 22.0 Å². The van der Waals surface area contributed by atoms with E-state index in [-0.39, 0.29) is 12.1 Å². The first-order valence-corrected chi connectivity index (χ1v) is 10.2. The van der Waals surface area contributed by atoms with E-state index in [9.17, 15) is 9.59 Å². The number of benzene rings is 1. The van der Waals surface area contributed by atoms with E-state index in [1.807, 2.05) is 32.9 Å². The van der Waals surface area contributed by atoms with Gasteiger partial charge in [-0.25, -0.2) is 4.79 Å². The topological polar surface area (TPSA) is 46.6 Å². The van der Waals surface area contributed by atoms with E-state index in [0.717, 1.165) is 33.9 Å². The molecule has 1 amide bonds. The molecule has 0 bridgehead atoms. The lowest BCUT2D eigenvalue weighted by Crippen LogP contribution is -2.43. The van der Waals surface area contributed by atoms with E-state index < -0.39 is 5.60 Å². The third kappa shape index (κ3) is 3.97. The lowest BCUT2D eigenvalue weighted by atomic mass is 9.89. The Morgan fingerprint density at radius 2 is 2.08 bits per heavy atom. The Hall–Kier alpha value is -1.37. The molecule has 3 rings (SSSR count). The molecule has 26 heavy (non-hydrogen) atoms. The number of carbonyl (C=O) groups excluding carboxylic acids is 2. The molecule has 0 saturated heterocycles. The summed E-state index contributed by atoms with van der Waals surface area (Å²) in [5.41, 5.74) is 2.32.